The van der Waals surface area contributed by atoms with Gasteiger partial charge in [-0.05, 0) is 48.4 Å². The number of hydrogen-bond acceptors (Lipinski definition) is 2. The maximum atomic E-state index is 4.36. The number of hydrogen-bond donors (Lipinski definition) is 2. The van der Waals surface area contributed by atoms with Crippen molar-refractivity contribution in [3.8, 4) is 11.1 Å². The number of aryl methyl sites for hydroxylation is 1. The average Bonchev–Trinajstić information content (AvgIpc) is 3.01. The van der Waals surface area contributed by atoms with Gasteiger partial charge in [-0.15, -0.1) is 0 Å². The summed E-state index contributed by atoms with van der Waals surface area (Å²) < 4.78 is 0. The Morgan fingerprint density at radius 3 is 2.70 bits per heavy atom. The molecule has 0 aliphatic carbocycles. The summed E-state index contributed by atoms with van der Waals surface area (Å²) in [6.45, 7) is 5.13. The Morgan fingerprint density at radius 1 is 1.00 bits per heavy atom. The summed E-state index contributed by atoms with van der Waals surface area (Å²) in [5.74, 6) is 0. The van der Waals surface area contributed by atoms with Crippen LogP contribution in [-0.2, 0) is 0 Å². The number of rotatable bonds is 3. The van der Waals surface area contributed by atoms with E-state index in [1.807, 2.05) is 0 Å². The number of nitrogens with zero attached hydrogens (tertiary/aromatic N) is 1. The van der Waals surface area contributed by atoms with Gasteiger partial charge in [-0.2, -0.15) is 0 Å². The summed E-state index contributed by atoms with van der Waals surface area (Å²) in [5, 5.41) is 6.00. The molecule has 0 atom stereocenters. The SMILES string of the molecule is CCNc1cc2nc[nH]c2cc1-c1ccc2cc(C)ccc2c1. The Kier molecular flexibility index (Phi) is 3.27. The van der Waals surface area contributed by atoms with E-state index in [2.05, 4.69) is 77.7 Å². The van der Waals surface area contributed by atoms with Gasteiger partial charge in [0, 0.05) is 17.8 Å². The molecule has 0 fully saturated rings. The molecule has 0 amide bonds. The van der Waals surface area contributed by atoms with E-state index >= 15 is 0 Å². The molecular formula is C20H19N3. The van der Waals surface area contributed by atoms with Crippen LogP contribution in [0.3, 0.4) is 0 Å². The molecule has 2 N–H and O–H groups in total. The predicted octanol–water partition coefficient (Wildman–Crippen LogP) is 5.12. The summed E-state index contributed by atoms with van der Waals surface area (Å²) in [7, 11) is 0. The van der Waals surface area contributed by atoms with Crippen LogP contribution in [0.4, 0.5) is 5.69 Å². The number of aromatic amines is 1. The first-order chi connectivity index (χ1) is 11.2. The molecule has 23 heavy (non-hydrogen) atoms. The van der Waals surface area contributed by atoms with Gasteiger partial charge in [-0.1, -0.05) is 35.9 Å². The molecule has 3 heteroatoms. The Balaban J connectivity index is 1.92. The van der Waals surface area contributed by atoms with Crippen LogP contribution in [0.5, 0.6) is 0 Å². The molecule has 1 heterocycles. The van der Waals surface area contributed by atoms with Crippen molar-refractivity contribution in [1.29, 1.82) is 0 Å². The minimum absolute atomic E-state index is 0.885. The maximum absolute atomic E-state index is 4.36. The standard InChI is InChI=1S/C20H19N3/c1-3-21-18-11-20-19(22-12-23-20)10-17(18)16-7-6-14-8-13(2)4-5-15(14)9-16/h4-12,21H,3H2,1-2H3,(H,22,23). The van der Waals surface area contributed by atoms with Crippen LogP contribution in [0, 0.1) is 6.92 Å². The van der Waals surface area contributed by atoms with E-state index in [9.17, 15) is 0 Å². The van der Waals surface area contributed by atoms with E-state index in [4.69, 9.17) is 0 Å². The fourth-order valence-corrected chi connectivity index (χ4v) is 3.09. The van der Waals surface area contributed by atoms with Crippen molar-refractivity contribution in [2.75, 3.05) is 11.9 Å². The van der Waals surface area contributed by atoms with E-state index < -0.39 is 0 Å². The highest BCUT2D eigenvalue weighted by molar-refractivity contribution is 5.94. The first-order valence-electron chi connectivity index (χ1n) is 7.96. The number of imidazole rings is 1. The van der Waals surface area contributed by atoms with Crippen LogP contribution >= 0.6 is 0 Å². The van der Waals surface area contributed by atoms with Crippen LogP contribution in [0.15, 0.2) is 54.9 Å². The minimum Gasteiger partial charge on any atom is -0.385 e. The number of aromatic nitrogens is 2. The highest BCUT2D eigenvalue weighted by atomic mass is 14.9. The highest BCUT2D eigenvalue weighted by Crippen LogP contribution is 2.33. The number of H-pyrrole nitrogens is 1. The zero-order valence-electron chi connectivity index (χ0n) is 13.4. The van der Waals surface area contributed by atoms with Crippen molar-refractivity contribution in [3.05, 3.63) is 60.4 Å². The van der Waals surface area contributed by atoms with Crippen LogP contribution in [0.25, 0.3) is 32.9 Å². The Labute approximate surface area is 135 Å². The molecule has 3 aromatic carbocycles. The van der Waals surface area contributed by atoms with Crippen molar-refractivity contribution in [3.63, 3.8) is 0 Å². The lowest BCUT2D eigenvalue weighted by Crippen LogP contribution is -1.99. The quantitative estimate of drug-likeness (QED) is 0.551. The van der Waals surface area contributed by atoms with Crippen LogP contribution in [0.1, 0.15) is 12.5 Å². The van der Waals surface area contributed by atoms with E-state index in [-0.39, 0.29) is 0 Å². The van der Waals surface area contributed by atoms with Gasteiger partial charge in [0.25, 0.3) is 0 Å². The molecule has 0 radical (unpaired) electrons. The van der Waals surface area contributed by atoms with Crippen molar-refractivity contribution < 1.29 is 0 Å². The number of anilines is 1. The summed E-state index contributed by atoms with van der Waals surface area (Å²) in [4.78, 5) is 7.57. The Bertz CT molecular complexity index is 998. The zero-order valence-corrected chi connectivity index (χ0v) is 13.4. The first kappa shape index (κ1) is 13.8. The molecule has 114 valence electrons. The van der Waals surface area contributed by atoms with Gasteiger partial charge in [0.05, 0.1) is 17.4 Å². The van der Waals surface area contributed by atoms with E-state index in [1.165, 1.54) is 27.5 Å². The maximum Gasteiger partial charge on any atom is 0.0931 e. The Morgan fingerprint density at radius 2 is 1.83 bits per heavy atom. The number of fused-ring (bicyclic) bond motifs is 2. The molecule has 0 bridgehead atoms. The fraction of sp³-hybridized carbons (Fsp3) is 0.150. The summed E-state index contributed by atoms with van der Waals surface area (Å²) in [6.07, 6.45) is 1.74. The normalized spacial score (nSPS) is 11.2. The number of benzene rings is 3. The predicted molar refractivity (Wildman–Crippen MR) is 97.9 cm³/mol. The van der Waals surface area contributed by atoms with Gasteiger partial charge < -0.3 is 10.3 Å². The van der Waals surface area contributed by atoms with Gasteiger partial charge in [0.1, 0.15) is 0 Å². The molecule has 0 aliphatic heterocycles. The monoisotopic (exact) mass is 301 g/mol. The third-order valence-electron chi connectivity index (χ3n) is 4.23. The van der Waals surface area contributed by atoms with Gasteiger partial charge in [0.15, 0.2) is 0 Å². The second-order valence-electron chi connectivity index (χ2n) is 5.91. The summed E-state index contributed by atoms with van der Waals surface area (Å²) in [5.41, 5.74) is 6.88. The second-order valence-corrected chi connectivity index (χ2v) is 5.91. The molecule has 0 spiro atoms. The summed E-state index contributed by atoms with van der Waals surface area (Å²) in [6, 6.07) is 17.5. The smallest absolute Gasteiger partial charge is 0.0931 e. The van der Waals surface area contributed by atoms with Crippen molar-refractivity contribution in [2.45, 2.75) is 13.8 Å². The van der Waals surface area contributed by atoms with Gasteiger partial charge >= 0.3 is 0 Å². The lowest BCUT2D eigenvalue weighted by molar-refractivity contribution is 1.21. The fourth-order valence-electron chi connectivity index (χ4n) is 3.09. The van der Waals surface area contributed by atoms with Crippen molar-refractivity contribution >= 4 is 27.5 Å². The minimum atomic E-state index is 0.885. The van der Waals surface area contributed by atoms with E-state index in [1.54, 1.807) is 6.33 Å². The second kappa shape index (κ2) is 5.43. The Hall–Kier alpha value is -2.81. The molecule has 3 nitrogen and oxygen atoms in total. The first-order valence-corrected chi connectivity index (χ1v) is 7.96. The van der Waals surface area contributed by atoms with Crippen LogP contribution in [-0.4, -0.2) is 16.5 Å². The topological polar surface area (TPSA) is 40.7 Å². The third kappa shape index (κ3) is 2.44. The van der Waals surface area contributed by atoms with E-state index in [0.29, 0.717) is 0 Å². The van der Waals surface area contributed by atoms with E-state index in [0.717, 1.165) is 23.3 Å². The summed E-state index contributed by atoms with van der Waals surface area (Å²) >= 11 is 0. The molecule has 4 rings (SSSR count). The molecule has 1 aromatic heterocycles. The van der Waals surface area contributed by atoms with Gasteiger partial charge in [-0.3, -0.25) is 0 Å². The average molecular weight is 301 g/mol. The molecule has 0 saturated carbocycles. The lowest BCUT2D eigenvalue weighted by Gasteiger charge is -2.12. The van der Waals surface area contributed by atoms with Gasteiger partial charge in [0.2, 0.25) is 0 Å². The number of nitrogens with one attached hydrogen (secondary N) is 2. The largest absolute Gasteiger partial charge is 0.385 e. The lowest BCUT2D eigenvalue weighted by atomic mass is 9.98. The molecular weight excluding hydrogens is 282 g/mol. The zero-order chi connectivity index (χ0) is 15.8. The van der Waals surface area contributed by atoms with Crippen molar-refractivity contribution in [2.24, 2.45) is 0 Å². The van der Waals surface area contributed by atoms with Crippen molar-refractivity contribution in [1.82, 2.24) is 9.97 Å². The van der Waals surface area contributed by atoms with Gasteiger partial charge in [-0.25, -0.2) is 4.98 Å². The van der Waals surface area contributed by atoms with Crippen LogP contribution in [0.2, 0.25) is 0 Å². The third-order valence-corrected chi connectivity index (χ3v) is 4.23. The molecule has 4 aromatic rings. The molecule has 0 aliphatic rings. The molecule has 0 unspecified atom stereocenters. The highest BCUT2D eigenvalue weighted by Gasteiger charge is 2.09. The van der Waals surface area contributed by atoms with Crippen LogP contribution < -0.4 is 5.32 Å². The molecule has 0 saturated heterocycles.